The molecule has 0 saturated carbocycles. The maximum atomic E-state index is 12.8. The van der Waals surface area contributed by atoms with Crippen LogP contribution in [0.1, 0.15) is 18.5 Å². The quantitative estimate of drug-likeness (QED) is 0.576. The molecular weight excluding hydrogens is 191 g/mol. The van der Waals surface area contributed by atoms with Crippen LogP contribution >= 0.6 is 0 Å². The molecule has 0 aromatic heterocycles. The zero-order valence-corrected chi connectivity index (χ0v) is 7.40. The monoisotopic (exact) mass is 200 g/mol. The Labute approximate surface area is 79.3 Å². The normalized spacial score (nSPS) is 12.5. The summed E-state index contributed by atoms with van der Waals surface area (Å²) in [6, 6.07) is 2.40. The smallest absolute Gasteiger partial charge is 0.274 e. The molecule has 0 aliphatic carbocycles. The Balaban J connectivity index is 3.22. The van der Waals surface area contributed by atoms with Crippen molar-refractivity contribution in [2.75, 3.05) is 0 Å². The van der Waals surface area contributed by atoms with Crippen LogP contribution in [-0.2, 0) is 0 Å². The molecule has 0 aliphatic rings. The van der Waals surface area contributed by atoms with Crippen LogP contribution in [0.4, 0.5) is 10.1 Å². The Morgan fingerprint density at radius 3 is 2.79 bits per heavy atom. The van der Waals surface area contributed by atoms with Crippen LogP contribution < -0.4 is 5.48 Å². The van der Waals surface area contributed by atoms with Crippen LogP contribution in [0.5, 0.6) is 0 Å². The Hall–Kier alpha value is -1.53. The third-order valence-corrected chi connectivity index (χ3v) is 1.85. The highest BCUT2D eigenvalue weighted by Crippen LogP contribution is 2.25. The van der Waals surface area contributed by atoms with Crippen LogP contribution in [0, 0.1) is 15.9 Å². The maximum Gasteiger partial charge on any atom is 0.274 e. The molecule has 1 aromatic rings. The Kier molecular flexibility index (Phi) is 3.10. The van der Waals surface area contributed by atoms with Crippen molar-refractivity contribution in [1.82, 2.24) is 5.48 Å². The van der Waals surface area contributed by atoms with Gasteiger partial charge in [-0.25, -0.2) is 4.39 Å². The minimum Gasteiger partial charge on any atom is -0.316 e. The van der Waals surface area contributed by atoms with Crippen molar-refractivity contribution >= 4 is 5.69 Å². The van der Waals surface area contributed by atoms with E-state index in [-0.39, 0.29) is 11.3 Å². The van der Waals surface area contributed by atoms with E-state index in [2.05, 4.69) is 0 Å². The van der Waals surface area contributed by atoms with E-state index in [0.29, 0.717) is 0 Å². The highest BCUT2D eigenvalue weighted by atomic mass is 19.1. The number of nitro groups is 1. The first-order valence-corrected chi connectivity index (χ1v) is 3.89. The second-order valence-electron chi connectivity index (χ2n) is 2.81. The lowest BCUT2D eigenvalue weighted by molar-refractivity contribution is -0.385. The van der Waals surface area contributed by atoms with Crippen molar-refractivity contribution in [3.63, 3.8) is 0 Å². The van der Waals surface area contributed by atoms with Gasteiger partial charge in [0.05, 0.1) is 16.5 Å². The van der Waals surface area contributed by atoms with Crippen molar-refractivity contribution in [3.8, 4) is 0 Å². The van der Waals surface area contributed by atoms with Gasteiger partial charge < -0.3 is 5.21 Å². The third kappa shape index (κ3) is 2.04. The predicted molar refractivity (Wildman–Crippen MR) is 46.4 cm³/mol. The van der Waals surface area contributed by atoms with Gasteiger partial charge in [-0.1, -0.05) is 0 Å². The molecule has 0 radical (unpaired) electrons. The van der Waals surface area contributed by atoms with E-state index in [9.17, 15) is 14.5 Å². The highest BCUT2D eigenvalue weighted by molar-refractivity contribution is 5.42. The zero-order chi connectivity index (χ0) is 10.7. The van der Waals surface area contributed by atoms with Crippen molar-refractivity contribution < 1.29 is 14.5 Å². The first kappa shape index (κ1) is 10.6. The molecule has 0 heterocycles. The summed E-state index contributed by atoms with van der Waals surface area (Å²) in [6.07, 6.45) is 0. The van der Waals surface area contributed by atoms with E-state index in [1.165, 1.54) is 6.92 Å². The molecule has 6 heteroatoms. The van der Waals surface area contributed by atoms with E-state index >= 15 is 0 Å². The van der Waals surface area contributed by atoms with Gasteiger partial charge in [0.15, 0.2) is 0 Å². The molecule has 0 bridgehead atoms. The molecule has 5 nitrogen and oxygen atoms in total. The molecular formula is C8H9FN2O3. The fourth-order valence-corrected chi connectivity index (χ4v) is 1.11. The molecule has 1 atom stereocenters. The molecule has 2 N–H and O–H groups in total. The lowest BCUT2D eigenvalue weighted by Gasteiger charge is -2.09. The Morgan fingerprint density at radius 1 is 1.64 bits per heavy atom. The number of nitrogens with zero attached hydrogens (tertiary/aromatic N) is 1. The van der Waals surface area contributed by atoms with Crippen molar-refractivity contribution in [3.05, 3.63) is 39.7 Å². The van der Waals surface area contributed by atoms with Crippen molar-refractivity contribution in [1.29, 1.82) is 0 Å². The van der Waals surface area contributed by atoms with Crippen LogP contribution in [0.2, 0.25) is 0 Å². The Bertz CT molecular complexity index is 356. The number of benzene rings is 1. The summed E-state index contributed by atoms with van der Waals surface area (Å²) in [6.45, 7) is 1.49. The van der Waals surface area contributed by atoms with E-state index in [1.807, 2.05) is 5.48 Å². The average molecular weight is 200 g/mol. The number of rotatable bonds is 3. The van der Waals surface area contributed by atoms with Gasteiger partial charge in [0.2, 0.25) is 0 Å². The molecule has 0 unspecified atom stereocenters. The maximum absolute atomic E-state index is 12.8. The summed E-state index contributed by atoms with van der Waals surface area (Å²) in [5.74, 6) is -0.576. The first-order valence-electron chi connectivity index (χ1n) is 3.89. The topological polar surface area (TPSA) is 75.4 Å². The molecule has 1 aromatic carbocycles. The van der Waals surface area contributed by atoms with Crippen LogP contribution in [-0.4, -0.2) is 10.1 Å². The molecule has 76 valence electrons. The summed E-state index contributed by atoms with van der Waals surface area (Å²) in [5.41, 5.74) is 1.72. The molecule has 0 spiro atoms. The average Bonchev–Trinajstić information content (AvgIpc) is 2.16. The lowest BCUT2D eigenvalue weighted by atomic mass is 10.1. The second kappa shape index (κ2) is 4.12. The summed E-state index contributed by atoms with van der Waals surface area (Å²) >= 11 is 0. The first-order chi connectivity index (χ1) is 6.56. The van der Waals surface area contributed by atoms with Crippen LogP contribution in [0.3, 0.4) is 0 Å². The summed E-state index contributed by atoms with van der Waals surface area (Å²) < 4.78 is 12.8. The minimum atomic E-state index is -0.689. The standard InChI is InChI=1S/C8H9FN2O3/c1-5(10-12)7-4-6(9)2-3-8(7)11(13)14/h2-5,10,12H,1H3/t5-/m0/s1. The predicted octanol–water partition coefficient (Wildman–Crippen LogP) is 1.77. The number of nitro benzene ring substituents is 1. The number of nitrogens with one attached hydrogen (secondary N) is 1. The molecule has 0 saturated heterocycles. The van der Waals surface area contributed by atoms with E-state index in [1.54, 1.807) is 0 Å². The SMILES string of the molecule is C[C@H](NO)c1cc(F)ccc1[N+](=O)[O-]. The minimum absolute atomic E-state index is 0.109. The highest BCUT2D eigenvalue weighted by Gasteiger charge is 2.18. The van der Waals surface area contributed by atoms with Gasteiger partial charge in [0, 0.05) is 6.07 Å². The van der Waals surface area contributed by atoms with Gasteiger partial charge in [-0.15, -0.1) is 0 Å². The lowest BCUT2D eigenvalue weighted by Crippen LogP contribution is -2.15. The van der Waals surface area contributed by atoms with Gasteiger partial charge in [0.25, 0.3) is 5.69 Å². The van der Waals surface area contributed by atoms with Gasteiger partial charge >= 0.3 is 0 Å². The van der Waals surface area contributed by atoms with Gasteiger partial charge in [-0.05, 0) is 19.1 Å². The Morgan fingerprint density at radius 2 is 2.29 bits per heavy atom. The van der Waals surface area contributed by atoms with Crippen molar-refractivity contribution in [2.24, 2.45) is 0 Å². The number of hydroxylamine groups is 1. The van der Waals surface area contributed by atoms with Crippen LogP contribution in [0.15, 0.2) is 18.2 Å². The second-order valence-corrected chi connectivity index (χ2v) is 2.81. The summed E-state index contributed by atoms with van der Waals surface area (Å²) in [7, 11) is 0. The van der Waals surface area contributed by atoms with Gasteiger partial charge in [-0.3, -0.25) is 10.1 Å². The summed E-state index contributed by atoms with van der Waals surface area (Å²) in [4.78, 5) is 9.90. The van der Waals surface area contributed by atoms with Crippen molar-refractivity contribution in [2.45, 2.75) is 13.0 Å². The number of halogens is 1. The van der Waals surface area contributed by atoms with Gasteiger partial charge in [-0.2, -0.15) is 5.48 Å². The summed E-state index contributed by atoms with van der Waals surface area (Å²) in [5, 5.41) is 19.1. The van der Waals surface area contributed by atoms with E-state index in [4.69, 9.17) is 5.21 Å². The molecule has 14 heavy (non-hydrogen) atoms. The number of hydrogen-bond donors (Lipinski definition) is 2. The molecule has 1 rings (SSSR count). The molecule has 0 aliphatic heterocycles. The number of hydrogen-bond acceptors (Lipinski definition) is 4. The van der Waals surface area contributed by atoms with Gasteiger partial charge in [0.1, 0.15) is 5.82 Å². The third-order valence-electron chi connectivity index (χ3n) is 1.85. The van der Waals surface area contributed by atoms with E-state index < -0.39 is 16.8 Å². The zero-order valence-electron chi connectivity index (χ0n) is 7.40. The largest absolute Gasteiger partial charge is 0.316 e. The fourth-order valence-electron chi connectivity index (χ4n) is 1.11. The molecule has 0 amide bonds. The molecule has 0 fully saturated rings. The van der Waals surface area contributed by atoms with Crippen LogP contribution in [0.25, 0.3) is 0 Å². The van der Waals surface area contributed by atoms with E-state index in [0.717, 1.165) is 18.2 Å². The fraction of sp³-hybridized carbons (Fsp3) is 0.250.